The topological polar surface area (TPSA) is 79.7 Å². The third-order valence-corrected chi connectivity index (χ3v) is 7.43. The molecule has 5 aromatic rings. The number of hydrogen-bond donors (Lipinski definition) is 1. The summed E-state index contributed by atoms with van der Waals surface area (Å²) >= 11 is 0. The van der Waals surface area contributed by atoms with E-state index in [4.69, 9.17) is 4.98 Å². The number of benzene rings is 2. The van der Waals surface area contributed by atoms with Gasteiger partial charge in [-0.15, -0.1) is 0 Å². The quantitative estimate of drug-likeness (QED) is 0.403. The van der Waals surface area contributed by atoms with E-state index in [1.165, 1.54) is 0 Å². The van der Waals surface area contributed by atoms with E-state index in [9.17, 15) is 4.79 Å². The molecule has 2 aliphatic rings. The maximum Gasteiger partial charge on any atom is 0.225 e. The van der Waals surface area contributed by atoms with Crippen LogP contribution in [0.2, 0.25) is 0 Å². The summed E-state index contributed by atoms with van der Waals surface area (Å²) in [5.74, 6) is 2.03. The molecule has 4 heterocycles. The van der Waals surface area contributed by atoms with Crippen LogP contribution in [0.15, 0.2) is 67.1 Å². The standard InChI is InChI=1S/C28H26N6O/c35-28(21-5-6-21)33-12-10-18(16-33)17-34-26-9-11-29-15-25(26)31-27(34)20-3-1-19(2-4-20)22-7-8-23-14-30-32-24(23)13-22/h1-4,7-9,11,13-15,18,21H,5-6,10,12,16-17H2,(H,30,32)/t18-/m1/s1. The van der Waals surface area contributed by atoms with Crippen molar-refractivity contribution in [3.8, 4) is 22.5 Å². The van der Waals surface area contributed by atoms with Crippen LogP contribution in [0.3, 0.4) is 0 Å². The van der Waals surface area contributed by atoms with E-state index in [2.05, 4.69) is 67.1 Å². The monoisotopic (exact) mass is 462 g/mol. The largest absolute Gasteiger partial charge is 0.342 e. The minimum absolute atomic E-state index is 0.289. The Hall–Kier alpha value is -4.00. The smallest absolute Gasteiger partial charge is 0.225 e. The SMILES string of the molecule is O=C(C1CC1)N1CC[C@@H](Cn2c(-c3ccc(-c4ccc5cn[nH]c5c4)cc3)nc3cnccc32)C1. The molecule has 1 aliphatic heterocycles. The van der Waals surface area contributed by atoms with E-state index in [-0.39, 0.29) is 5.92 Å². The third kappa shape index (κ3) is 3.67. The first-order chi connectivity index (χ1) is 17.2. The fourth-order valence-electron chi connectivity index (χ4n) is 5.34. The summed E-state index contributed by atoms with van der Waals surface area (Å²) in [6.45, 7) is 2.57. The second-order valence-corrected chi connectivity index (χ2v) is 9.87. The van der Waals surface area contributed by atoms with Gasteiger partial charge in [-0.05, 0) is 48.4 Å². The Balaban J connectivity index is 1.19. The van der Waals surface area contributed by atoms with Gasteiger partial charge in [0, 0.05) is 42.7 Å². The highest BCUT2D eigenvalue weighted by Gasteiger charge is 2.36. The first-order valence-corrected chi connectivity index (χ1v) is 12.4. The lowest BCUT2D eigenvalue weighted by Gasteiger charge is -2.18. The molecule has 0 unspecified atom stereocenters. The van der Waals surface area contributed by atoms with Gasteiger partial charge >= 0.3 is 0 Å². The summed E-state index contributed by atoms with van der Waals surface area (Å²) in [5, 5.41) is 8.28. The minimum atomic E-state index is 0.289. The van der Waals surface area contributed by atoms with Crippen LogP contribution in [0.25, 0.3) is 44.5 Å². The van der Waals surface area contributed by atoms with Gasteiger partial charge in [-0.3, -0.25) is 14.9 Å². The van der Waals surface area contributed by atoms with Gasteiger partial charge in [-0.1, -0.05) is 36.4 Å². The molecule has 7 rings (SSSR count). The third-order valence-electron chi connectivity index (χ3n) is 7.43. The average Bonchev–Trinajstić information content (AvgIpc) is 3.30. The van der Waals surface area contributed by atoms with Gasteiger partial charge in [-0.25, -0.2) is 4.98 Å². The van der Waals surface area contributed by atoms with Crippen molar-refractivity contribution in [1.82, 2.24) is 29.6 Å². The Kier molecular flexibility index (Phi) is 4.68. The normalized spacial score (nSPS) is 18.1. The first kappa shape index (κ1) is 20.4. The summed E-state index contributed by atoms with van der Waals surface area (Å²) in [5.41, 5.74) is 6.41. The molecular formula is C28H26N6O. The number of nitrogens with one attached hydrogen (secondary N) is 1. The number of imidazole rings is 1. The minimum Gasteiger partial charge on any atom is -0.342 e. The Bertz CT molecular complexity index is 1550. The molecule has 0 spiro atoms. The Morgan fingerprint density at radius 3 is 2.66 bits per heavy atom. The lowest BCUT2D eigenvalue weighted by Crippen LogP contribution is -2.30. The molecule has 2 fully saturated rings. The molecule has 174 valence electrons. The van der Waals surface area contributed by atoms with Gasteiger partial charge in [0.05, 0.1) is 23.4 Å². The Labute approximate surface area is 202 Å². The number of carbonyl (C=O) groups excluding carboxylic acids is 1. The van der Waals surface area contributed by atoms with Crippen molar-refractivity contribution in [3.05, 3.63) is 67.1 Å². The summed E-state index contributed by atoms with van der Waals surface area (Å²) in [7, 11) is 0. The summed E-state index contributed by atoms with van der Waals surface area (Å²) in [6, 6.07) is 17.0. The van der Waals surface area contributed by atoms with Crippen molar-refractivity contribution in [2.24, 2.45) is 11.8 Å². The molecule has 1 aliphatic carbocycles. The van der Waals surface area contributed by atoms with E-state index in [1.807, 2.05) is 24.7 Å². The van der Waals surface area contributed by atoms with Crippen molar-refractivity contribution >= 4 is 27.8 Å². The van der Waals surface area contributed by atoms with E-state index >= 15 is 0 Å². The van der Waals surface area contributed by atoms with Crippen LogP contribution in [0.1, 0.15) is 19.3 Å². The highest BCUT2D eigenvalue weighted by molar-refractivity contribution is 5.85. The van der Waals surface area contributed by atoms with Crippen LogP contribution in [0.4, 0.5) is 0 Å². The van der Waals surface area contributed by atoms with Crippen LogP contribution in [-0.2, 0) is 11.3 Å². The lowest BCUT2D eigenvalue weighted by molar-refractivity contribution is -0.131. The molecule has 1 amide bonds. The van der Waals surface area contributed by atoms with Crippen LogP contribution in [0, 0.1) is 11.8 Å². The molecule has 2 aromatic carbocycles. The number of rotatable bonds is 5. The molecule has 0 radical (unpaired) electrons. The van der Waals surface area contributed by atoms with Gasteiger partial charge in [0.2, 0.25) is 5.91 Å². The van der Waals surface area contributed by atoms with E-state index in [1.54, 1.807) is 0 Å². The number of aromatic nitrogens is 5. The van der Waals surface area contributed by atoms with E-state index in [0.29, 0.717) is 11.8 Å². The number of carbonyl (C=O) groups is 1. The zero-order valence-electron chi connectivity index (χ0n) is 19.4. The molecule has 7 heteroatoms. The number of fused-ring (bicyclic) bond motifs is 2. The van der Waals surface area contributed by atoms with Gasteiger partial charge in [0.15, 0.2) is 0 Å². The molecule has 1 saturated heterocycles. The van der Waals surface area contributed by atoms with Crippen LogP contribution in [0.5, 0.6) is 0 Å². The van der Waals surface area contributed by atoms with Gasteiger partial charge in [-0.2, -0.15) is 5.10 Å². The van der Waals surface area contributed by atoms with Crippen molar-refractivity contribution in [3.63, 3.8) is 0 Å². The Morgan fingerprint density at radius 2 is 1.80 bits per heavy atom. The highest BCUT2D eigenvalue weighted by atomic mass is 16.2. The predicted octanol–water partition coefficient (Wildman–Crippen LogP) is 4.90. The molecule has 1 atom stereocenters. The van der Waals surface area contributed by atoms with Gasteiger partial charge < -0.3 is 9.47 Å². The van der Waals surface area contributed by atoms with Crippen LogP contribution in [-0.4, -0.2) is 48.6 Å². The number of amides is 1. The summed E-state index contributed by atoms with van der Waals surface area (Å²) in [4.78, 5) is 23.9. The highest BCUT2D eigenvalue weighted by Crippen LogP contribution is 2.34. The van der Waals surface area contributed by atoms with Crippen molar-refractivity contribution in [2.45, 2.75) is 25.8 Å². The molecule has 0 bridgehead atoms. The Morgan fingerprint density at radius 1 is 0.971 bits per heavy atom. The summed E-state index contributed by atoms with van der Waals surface area (Å²) < 4.78 is 2.32. The maximum absolute atomic E-state index is 12.6. The molecular weight excluding hydrogens is 436 g/mol. The predicted molar refractivity (Wildman–Crippen MR) is 135 cm³/mol. The number of pyridine rings is 1. The number of aromatic amines is 1. The van der Waals surface area contributed by atoms with E-state index < -0.39 is 0 Å². The fraction of sp³-hybridized carbons (Fsp3) is 0.286. The number of nitrogens with zero attached hydrogens (tertiary/aromatic N) is 5. The van der Waals surface area contributed by atoms with Gasteiger partial charge in [0.1, 0.15) is 11.3 Å². The molecule has 1 N–H and O–H groups in total. The molecule has 7 nitrogen and oxygen atoms in total. The fourth-order valence-corrected chi connectivity index (χ4v) is 5.34. The molecule has 35 heavy (non-hydrogen) atoms. The van der Waals surface area contributed by atoms with Crippen molar-refractivity contribution in [2.75, 3.05) is 13.1 Å². The molecule has 1 saturated carbocycles. The van der Waals surface area contributed by atoms with E-state index in [0.717, 1.165) is 83.3 Å². The maximum atomic E-state index is 12.6. The summed E-state index contributed by atoms with van der Waals surface area (Å²) in [6.07, 6.45) is 8.67. The second kappa shape index (κ2) is 8.05. The lowest BCUT2D eigenvalue weighted by atomic mass is 10.0. The second-order valence-electron chi connectivity index (χ2n) is 9.87. The first-order valence-electron chi connectivity index (χ1n) is 12.4. The van der Waals surface area contributed by atoms with Crippen LogP contribution < -0.4 is 0 Å². The number of hydrogen-bond acceptors (Lipinski definition) is 4. The average molecular weight is 463 g/mol. The van der Waals surface area contributed by atoms with Gasteiger partial charge in [0.25, 0.3) is 0 Å². The number of H-pyrrole nitrogens is 1. The van der Waals surface area contributed by atoms with Crippen molar-refractivity contribution < 1.29 is 4.79 Å². The molecule has 3 aromatic heterocycles. The van der Waals surface area contributed by atoms with Crippen LogP contribution >= 0.6 is 0 Å². The zero-order chi connectivity index (χ0) is 23.4. The number of likely N-dealkylation sites (tertiary alicyclic amines) is 1. The van der Waals surface area contributed by atoms with Crippen molar-refractivity contribution in [1.29, 1.82) is 0 Å². The zero-order valence-corrected chi connectivity index (χ0v) is 19.4.